The predicted molar refractivity (Wildman–Crippen MR) is 69.0 cm³/mol. The number of halogens is 1. The van der Waals surface area contributed by atoms with Crippen molar-refractivity contribution in [2.75, 3.05) is 7.11 Å². The van der Waals surface area contributed by atoms with Crippen LogP contribution in [-0.4, -0.2) is 17.2 Å². The summed E-state index contributed by atoms with van der Waals surface area (Å²) < 4.78 is 6.01. The number of ether oxygens (including phenoxy) is 1. The van der Waals surface area contributed by atoms with Crippen molar-refractivity contribution in [2.45, 2.75) is 6.10 Å². The maximum Gasteiger partial charge on any atom is 0.121 e. The van der Waals surface area contributed by atoms with Crippen LogP contribution in [0.15, 0.2) is 47.1 Å². The van der Waals surface area contributed by atoms with Crippen LogP contribution in [0.25, 0.3) is 0 Å². The van der Waals surface area contributed by atoms with Gasteiger partial charge in [-0.2, -0.15) is 0 Å². The van der Waals surface area contributed by atoms with E-state index < -0.39 is 6.10 Å². The molecule has 0 amide bonds. The minimum atomic E-state index is -0.738. The van der Waals surface area contributed by atoms with Crippen molar-refractivity contribution in [1.29, 1.82) is 0 Å². The molecular weight excluding hydrogens is 282 g/mol. The molecule has 1 aromatic carbocycles. The van der Waals surface area contributed by atoms with Crippen LogP contribution in [0.1, 0.15) is 17.4 Å². The second kappa shape index (κ2) is 5.29. The third-order valence-corrected chi connectivity index (χ3v) is 2.91. The van der Waals surface area contributed by atoms with Crippen molar-refractivity contribution in [3.05, 3.63) is 58.3 Å². The Labute approximate surface area is 108 Å². The van der Waals surface area contributed by atoms with Gasteiger partial charge in [0.1, 0.15) is 11.9 Å². The number of rotatable bonds is 3. The van der Waals surface area contributed by atoms with Gasteiger partial charge < -0.3 is 9.84 Å². The predicted octanol–water partition coefficient (Wildman–Crippen LogP) is 2.93. The molecule has 0 aliphatic rings. The molecule has 1 N–H and O–H groups in total. The average molecular weight is 294 g/mol. The highest BCUT2D eigenvalue weighted by atomic mass is 79.9. The summed E-state index contributed by atoms with van der Waals surface area (Å²) in [6.07, 6.45) is 0.928. The lowest BCUT2D eigenvalue weighted by molar-refractivity contribution is 0.215. The van der Waals surface area contributed by atoms with Crippen LogP contribution in [-0.2, 0) is 0 Å². The van der Waals surface area contributed by atoms with Gasteiger partial charge in [-0.25, -0.2) is 0 Å². The second-order valence-electron chi connectivity index (χ2n) is 3.58. The van der Waals surface area contributed by atoms with Gasteiger partial charge in [0, 0.05) is 10.7 Å². The number of benzene rings is 1. The van der Waals surface area contributed by atoms with E-state index in [1.807, 2.05) is 24.3 Å². The van der Waals surface area contributed by atoms with E-state index in [2.05, 4.69) is 20.9 Å². The highest BCUT2D eigenvalue weighted by Crippen LogP contribution is 2.24. The molecule has 1 aromatic heterocycles. The monoisotopic (exact) mass is 293 g/mol. The van der Waals surface area contributed by atoms with E-state index in [4.69, 9.17) is 4.74 Å². The third-order valence-electron chi connectivity index (χ3n) is 2.44. The third kappa shape index (κ3) is 2.84. The van der Waals surface area contributed by atoms with E-state index in [0.717, 1.165) is 15.8 Å². The van der Waals surface area contributed by atoms with Gasteiger partial charge in [0.05, 0.1) is 12.8 Å². The van der Waals surface area contributed by atoms with Crippen LogP contribution in [0.5, 0.6) is 5.75 Å². The van der Waals surface area contributed by atoms with Crippen molar-refractivity contribution in [3.8, 4) is 5.75 Å². The van der Waals surface area contributed by atoms with Gasteiger partial charge in [0.15, 0.2) is 0 Å². The minimum Gasteiger partial charge on any atom is -0.497 e. The molecule has 0 radical (unpaired) electrons. The molecule has 17 heavy (non-hydrogen) atoms. The topological polar surface area (TPSA) is 42.4 Å². The van der Waals surface area contributed by atoms with Crippen LogP contribution in [0.4, 0.5) is 0 Å². The zero-order valence-corrected chi connectivity index (χ0v) is 10.9. The molecule has 4 heteroatoms. The molecule has 0 aliphatic heterocycles. The molecule has 3 nitrogen and oxygen atoms in total. The Bertz CT molecular complexity index is 499. The van der Waals surface area contributed by atoms with Crippen LogP contribution in [0.2, 0.25) is 0 Å². The summed E-state index contributed by atoms with van der Waals surface area (Å²) >= 11 is 3.31. The van der Waals surface area contributed by atoms with Crippen LogP contribution in [0, 0.1) is 0 Å². The highest BCUT2D eigenvalue weighted by molar-refractivity contribution is 9.10. The van der Waals surface area contributed by atoms with Crippen molar-refractivity contribution in [2.24, 2.45) is 0 Å². The van der Waals surface area contributed by atoms with Gasteiger partial charge in [-0.05, 0) is 45.8 Å². The molecule has 0 saturated carbocycles. The summed E-state index contributed by atoms with van der Waals surface area (Å²) in [5, 5.41) is 10.2. The summed E-state index contributed by atoms with van der Waals surface area (Å²) in [5.74, 6) is 0.721. The molecule has 2 rings (SSSR count). The summed E-state index contributed by atoms with van der Waals surface area (Å²) in [6, 6.07) is 11.0. The largest absolute Gasteiger partial charge is 0.497 e. The van der Waals surface area contributed by atoms with E-state index in [9.17, 15) is 5.11 Å². The van der Waals surface area contributed by atoms with Gasteiger partial charge in [0.25, 0.3) is 0 Å². The smallest absolute Gasteiger partial charge is 0.121 e. The Morgan fingerprint density at radius 3 is 2.76 bits per heavy atom. The van der Waals surface area contributed by atoms with Gasteiger partial charge in [-0.1, -0.05) is 12.1 Å². The number of hydrogen-bond donors (Lipinski definition) is 1. The molecule has 88 valence electrons. The Morgan fingerprint density at radius 1 is 1.29 bits per heavy atom. The maximum atomic E-state index is 10.2. The summed E-state index contributed by atoms with van der Waals surface area (Å²) in [4.78, 5) is 4.17. The summed E-state index contributed by atoms with van der Waals surface area (Å²) in [7, 11) is 1.60. The van der Waals surface area contributed by atoms with Gasteiger partial charge in [-0.15, -0.1) is 0 Å². The molecule has 0 saturated heterocycles. The van der Waals surface area contributed by atoms with Crippen LogP contribution in [0.3, 0.4) is 0 Å². The standard InChI is InChI=1S/C13H12BrNO2/c1-17-11-4-2-3-9(7-11)13(16)12-6-5-10(14)8-15-12/h2-8,13,16H,1H3. The summed E-state index contributed by atoms with van der Waals surface area (Å²) in [6.45, 7) is 0. The highest BCUT2D eigenvalue weighted by Gasteiger charge is 2.12. The van der Waals surface area contributed by atoms with E-state index in [-0.39, 0.29) is 0 Å². The molecule has 1 atom stereocenters. The number of pyridine rings is 1. The number of aromatic nitrogens is 1. The minimum absolute atomic E-state index is 0.612. The van der Waals surface area contributed by atoms with E-state index >= 15 is 0 Å². The van der Waals surface area contributed by atoms with E-state index in [1.54, 1.807) is 25.4 Å². The normalized spacial score (nSPS) is 12.2. The number of methoxy groups -OCH3 is 1. The van der Waals surface area contributed by atoms with E-state index in [0.29, 0.717) is 5.69 Å². The number of hydrogen-bond acceptors (Lipinski definition) is 3. The SMILES string of the molecule is COc1cccc(C(O)c2ccc(Br)cn2)c1. The van der Waals surface area contributed by atoms with Crippen molar-refractivity contribution in [1.82, 2.24) is 4.98 Å². The second-order valence-corrected chi connectivity index (χ2v) is 4.50. The molecule has 0 fully saturated rings. The molecule has 0 spiro atoms. The first-order valence-corrected chi connectivity index (χ1v) is 5.93. The number of aliphatic hydroxyl groups is 1. The molecular formula is C13H12BrNO2. The number of aliphatic hydroxyl groups excluding tert-OH is 1. The number of nitrogens with zero attached hydrogens (tertiary/aromatic N) is 1. The Balaban J connectivity index is 2.29. The molecule has 2 aromatic rings. The molecule has 1 heterocycles. The molecule has 1 unspecified atom stereocenters. The zero-order chi connectivity index (χ0) is 12.3. The Morgan fingerprint density at radius 2 is 2.12 bits per heavy atom. The first-order chi connectivity index (χ1) is 8.20. The zero-order valence-electron chi connectivity index (χ0n) is 9.30. The van der Waals surface area contributed by atoms with E-state index in [1.165, 1.54) is 0 Å². The molecule has 0 bridgehead atoms. The fraction of sp³-hybridized carbons (Fsp3) is 0.154. The first kappa shape index (κ1) is 12.1. The fourth-order valence-corrected chi connectivity index (χ4v) is 1.77. The average Bonchev–Trinajstić information content (AvgIpc) is 2.39. The van der Waals surface area contributed by atoms with Crippen molar-refractivity contribution >= 4 is 15.9 Å². The Kier molecular flexibility index (Phi) is 3.76. The summed E-state index contributed by atoms with van der Waals surface area (Å²) in [5.41, 5.74) is 1.38. The molecule has 0 aliphatic carbocycles. The van der Waals surface area contributed by atoms with Crippen molar-refractivity contribution < 1.29 is 9.84 Å². The maximum absolute atomic E-state index is 10.2. The Hall–Kier alpha value is -1.39. The van der Waals surface area contributed by atoms with Gasteiger partial charge in [0.2, 0.25) is 0 Å². The van der Waals surface area contributed by atoms with Crippen LogP contribution >= 0.6 is 15.9 Å². The lowest BCUT2D eigenvalue weighted by atomic mass is 10.1. The quantitative estimate of drug-likeness (QED) is 0.946. The van der Waals surface area contributed by atoms with Crippen molar-refractivity contribution in [3.63, 3.8) is 0 Å². The van der Waals surface area contributed by atoms with Gasteiger partial charge in [-0.3, -0.25) is 4.98 Å². The van der Waals surface area contributed by atoms with Gasteiger partial charge >= 0.3 is 0 Å². The lowest BCUT2D eigenvalue weighted by Gasteiger charge is -2.11. The fourth-order valence-electron chi connectivity index (χ4n) is 1.53. The first-order valence-electron chi connectivity index (χ1n) is 5.14. The van der Waals surface area contributed by atoms with Crippen LogP contribution < -0.4 is 4.74 Å². The lowest BCUT2D eigenvalue weighted by Crippen LogP contribution is -2.02.